The van der Waals surface area contributed by atoms with Crippen LogP contribution in [-0.4, -0.2) is 6.54 Å². The van der Waals surface area contributed by atoms with Gasteiger partial charge in [0, 0.05) is 10.1 Å². The van der Waals surface area contributed by atoms with Crippen LogP contribution >= 0.6 is 22.6 Å². The van der Waals surface area contributed by atoms with Crippen molar-refractivity contribution in [3.8, 4) is 0 Å². The molecule has 0 bridgehead atoms. The minimum atomic E-state index is 0.951. The molecule has 0 saturated heterocycles. The van der Waals surface area contributed by atoms with Gasteiger partial charge in [0.15, 0.2) is 0 Å². The van der Waals surface area contributed by atoms with Crippen molar-refractivity contribution in [2.75, 3.05) is 6.54 Å². The summed E-state index contributed by atoms with van der Waals surface area (Å²) in [6, 6.07) is 8.43. The van der Waals surface area contributed by atoms with E-state index >= 15 is 0 Å². The number of hydrogen-bond acceptors (Lipinski definition) is 1. The van der Waals surface area contributed by atoms with Gasteiger partial charge in [-0.25, -0.2) is 0 Å². The smallest absolute Gasteiger partial charge is 0.0216 e. The second-order valence-electron chi connectivity index (χ2n) is 2.85. The maximum atomic E-state index is 3.68. The van der Waals surface area contributed by atoms with Crippen LogP contribution in [0.2, 0.25) is 0 Å². The molecular formula is C11H14IN. The van der Waals surface area contributed by atoms with Crippen molar-refractivity contribution >= 4 is 22.6 Å². The van der Waals surface area contributed by atoms with Gasteiger partial charge in [0.1, 0.15) is 0 Å². The van der Waals surface area contributed by atoms with Crippen LogP contribution in [0, 0.1) is 3.57 Å². The van der Waals surface area contributed by atoms with Crippen molar-refractivity contribution in [1.29, 1.82) is 0 Å². The van der Waals surface area contributed by atoms with E-state index in [1.807, 2.05) is 6.08 Å². The summed E-state index contributed by atoms with van der Waals surface area (Å²) < 4.78 is 1.33. The molecule has 0 aliphatic rings. The Hall–Kier alpha value is -0.350. The Balaban J connectivity index is 2.36. The molecule has 1 aromatic rings. The van der Waals surface area contributed by atoms with Crippen LogP contribution < -0.4 is 5.32 Å². The summed E-state index contributed by atoms with van der Waals surface area (Å²) >= 11 is 2.36. The van der Waals surface area contributed by atoms with Gasteiger partial charge in [-0.05, 0) is 47.2 Å². The van der Waals surface area contributed by atoms with Gasteiger partial charge in [0.05, 0.1) is 0 Å². The van der Waals surface area contributed by atoms with Gasteiger partial charge in [-0.1, -0.05) is 24.3 Å². The van der Waals surface area contributed by atoms with Gasteiger partial charge < -0.3 is 5.32 Å². The summed E-state index contributed by atoms with van der Waals surface area (Å²) in [7, 11) is 0. The fourth-order valence-electron chi connectivity index (χ4n) is 1.07. The van der Waals surface area contributed by atoms with Gasteiger partial charge in [-0.2, -0.15) is 0 Å². The molecule has 0 heterocycles. The highest BCUT2D eigenvalue weighted by molar-refractivity contribution is 14.1. The summed E-state index contributed by atoms with van der Waals surface area (Å²) in [4.78, 5) is 0. The molecule has 1 aromatic carbocycles. The van der Waals surface area contributed by atoms with E-state index in [0.717, 1.165) is 19.5 Å². The maximum absolute atomic E-state index is 3.68. The second kappa shape index (κ2) is 6.16. The molecule has 0 amide bonds. The van der Waals surface area contributed by atoms with E-state index < -0.39 is 0 Å². The van der Waals surface area contributed by atoms with Crippen molar-refractivity contribution in [3.05, 3.63) is 46.1 Å². The largest absolute Gasteiger partial charge is 0.312 e. The minimum absolute atomic E-state index is 0.951. The molecule has 0 saturated carbocycles. The highest BCUT2D eigenvalue weighted by Gasteiger charge is 1.95. The molecule has 0 fully saturated rings. The lowest BCUT2D eigenvalue weighted by Crippen LogP contribution is -2.14. The summed E-state index contributed by atoms with van der Waals surface area (Å²) in [6.07, 6.45) is 2.96. The van der Waals surface area contributed by atoms with Crippen LogP contribution in [0.1, 0.15) is 12.0 Å². The molecule has 1 nitrogen and oxygen atoms in total. The van der Waals surface area contributed by atoms with Crippen LogP contribution in [0.15, 0.2) is 36.9 Å². The van der Waals surface area contributed by atoms with Crippen LogP contribution in [-0.2, 0) is 6.54 Å². The monoisotopic (exact) mass is 287 g/mol. The van der Waals surface area contributed by atoms with Crippen molar-refractivity contribution in [2.24, 2.45) is 0 Å². The van der Waals surface area contributed by atoms with E-state index in [-0.39, 0.29) is 0 Å². The third-order valence-electron chi connectivity index (χ3n) is 1.80. The third-order valence-corrected chi connectivity index (χ3v) is 2.85. The Kier molecular flexibility index (Phi) is 5.08. The normalized spacial score (nSPS) is 9.92. The van der Waals surface area contributed by atoms with Gasteiger partial charge in [-0.3, -0.25) is 0 Å². The highest BCUT2D eigenvalue weighted by atomic mass is 127. The molecule has 70 valence electrons. The molecule has 0 unspecified atom stereocenters. The van der Waals surface area contributed by atoms with Crippen LogP contribution in [0.4, 0.5) is 0 Å². The fourth-order valence-corrected chi connectivity index (χ4v) is 1.65. The average Bonchev–Trinajstić information content (AvgIpc) is 2.15. The molecule has 13 heavy (non-hydrogen) atoms. The van der Waals surface area contributed by atoms with E-state index in [1.54, 1.807) is 0 Å². The minimum Gasteiger partial charge on any atom is -0.312 e. The maximum Gasteiger partial charge on any atom is 0.0216 e. The van der Waals surface area contributed by atoms with E-state index in [9.17, 15) is 0 Å². The molecule has 0 aliphatic carbocycles. The molecular weight excluding hydrogens is 273 g/mol. The Bertz CT molecular complexity index is 271. The molecule has 2 heteroatoms. The zero-order valence-corrected chi connectivity index (χ0v) is 9.75. The van der Waals surface area contributed by atoms with E-state index in [2.05, 4.69) is 58.8 Å². The summed E-state index contributed by atoms with van der Waals surface area (Å²) in [5.74, 6) is 0. The van der Waals surface area contributed by atoms with Crippen molar-refractivity contribution in [2.45, 2.75) is 13.0 Å². The summed E-state index contributed by atoms with van der Waals surface area (Å²) in [5.41, 5.74) is 1.37. The number of rotatable bonds is 5. The number of halogens is 1. The summed E-state index contributed by atoms with van der Waals surface area (Å²) in [5, 5.41) is 3.37. The van der Waals surface area contributed by atoms with Gasteiger partial charge >= 0.3 is 0 Å². The van der Waals surface area contributed by atoms with Crippen molar-refractivity contribution < 1.29 is 0 Å². The van der Waals surface area contributed by atoms with Crippen LogP contribution in [0.5, 0.6) is 0 Å². The van der Waals surface area contributed by atoms with Gasteiger partial charge in [-0.15, -0.1) is 6.58 Å². The van der Waals surface area contributed by atoms with Crippen molar-refractivity contribution in [1.82, 2.24) is 5.32 Å². The first-order valence-corrected chi connectivity index (χ1v) is 5.47. The van der Waals surface area contributed by atoms with Gasteiger partial charge in [0.25, 0.3) is 0 Å². The topological polar surface area (TPSA) is 12.0 Å². The SMILES string of the molecule is C=CCCNCc1ccccc1I. The highest BCUT2D eigenvalue weighted by Crippen LogP contribution is 2.10. The Morgan fingerprint density at radius 2 is 2.15 bits per heavy atom. The standard InChI is InChI=1S/C11H14IN/c1-2-3-8-13-9-10-6-4-5-7-11(10)12/h2,4-7,13H,1,3,8-9H2. The second-order valence-corrected chi connectivity index (χ2v) is 4.01. The molecule has 0 radical (unpaired) electrons. The molecule has 1 N–H and O–H groups in total. The molecule has 1 rings (SSSR count). The van der Waals surface area contributed by atoms with Crippen LogP contribution in [0.3, 0.4) is 0 Å². The number of benzene rings is 1. The lowest BCUT2D eigenvalue weighted by atomic mass is 10.2. The molecule has 0 spiro atoms. The Morgan fingerprint density at radius 1 is 1.38 bits per heavy atom. The number of hydrogen-bond donors (Lipinski definition) is 1. The first-order chi connectivity index (χ1) is 6.34. The molecule has 0 aliphatic heterocycles. The van der Waals surface area contributed by atoms with Crippen molar-refractivity contribution in [3.63, 3.8) is 0 Å². The summed E-state index contributed by atoms with van der Waals surface area (Å²) in [6.45, 7) is 5.64. The van der Waals surface area contributed by atoms with Crippen LogP contribution in [0.25, 0.3) is 0 Å². The van der Waals surface area contributed by atoms with E-state index in [4.69, 9.17) is 0 Å². The lowest BCUT2D eigenvalue weighted by molar-refractivity contribution is 0.694. The van der Waals surface area contributed by atoms with E-state index in [1.165, 1.54) is 9.13 Å². The van der Waals surface area contributed by atoms with Gasteiger partial charge in [0.2, 0.25) is 0 Å². The predicted molar refractivity (Wildman–Crippen MR) is 65.7 cm³/mol. The number of nitrogens with one attached hydrogen (secondary N) is 1. The fraction of sp³-hybridized carbons (Fsp3) is 0.273. The molecule has 0 aromatic heterocycles. The zero-order valence-electron chi connectivity index (χ0n) is 7.59. The Labute approximate surface area is 93.4 Å². The zero-order chi connectivity index (χ0) is 9.52. The first-order valence-electron chi connectivity index (χ1n) is 4.39. The Morgan fingerprint density at radius 3 is 2.85 bits per heavy atom. The van der Waals surface area contributed by atoms with E-state index in [0.29, 0.717) is 0 Å². The quantitative estimate of drug-likeness (QED) is 0.499. The first kappa shape index (κ1) is 10.7. The predicted octanol–water partition coefficient (Wildman–Crippen LogP) is 2.96. The molecule has 0 atom stereocenters. The lowest BCUT2D eigenvalue weighted by Gasteiger charge is -2.04. The third kappa shape index (κ3) is 3.91. The average molecular weight is 287 g/mol.